The van der Waals surface area contributed by atoms with Gasteiger partial charge in [-0.05, 0) is 44.7 Å². The predicted octanol–water partition coefficient (Wildman–Crippen LogP) is 2.31. The molecule has 1 aliphatic heterocycles. The molecule has 0 aromatic carbocycles. The Balaban J connectivity index is 1.46. The van der Waals surface area contributed by atoms with Crippen LogP contribution in [0.15, 0.2) is 24.4 Å². The molecular weight excluding hydrogens is 280 g/mol. The fraction of sp³-hybridized carbons (Fsp3) is 0.562. The van der Waals surface area contributed by atoms with Crippen LogP contribution in [0.2, 0.25) is 0 Å². The van der Waals surface area contributed by atoms with Crippen LogP contribution in [0.25, 0.3) is 5.52 Å². The lowest BCUT2D eigenvalue weighted by Crippen LogP contribution is -2.36. The molecular formula is C16H20N4O2. The second-order valence-electron chi connectivity index (χ2n) is 7.24. The number of fused-ring (bicyclic) bond motifs is 2. The van der Waals surface area contributed by atoms with E-state index in [1.807, 2.05) is 48.5 Å². The summed E-state index contributed by atoms with van der Waals surface area (Å²) >= 11 is 0. The first-order valence-corrected chi connectivity index (χ1v) is 7.72. The molecule has 2 aromatic rings. The maximum atomic E-state index is 12.1. The molecule has 0 N–H and O–H groups in total. The normalized spacial score (nSPS) is 27.0. The fourth-order valence-corrected chi connectivity index (χ4v) is 3.51. The van der Waals surface area contributed by atoms with Gasteiger partial charge < -0.3 is 9.64 Å². The monoisotopic (exact) mass is 300 g/mol. The smallest absolute Gasteiger partial charge is 0.410 e. The number of carbonyl (C=O) groups is 1. The number of amides is 1. The number of aromatic nitrogens is 3. The third kappa shape index (κ3) is 2.14. The first kappa shape index (κ1) is 13.5. The van der Waals surface area contributed by atoms with Gasteiger partial charge in [0.2, 0.25) is 0 Å². The molecule has 4 rings (SSSR count). The van der Waals surface area contributed by atoms with Gasteiger partial charge in [-0.25, -0.2) is 9.31 Å². The van der Waals surface area contributed by atoms with Gasteiger partial charge in [-0.3, -0.25) is 0 Å². The summed E-state index contributed by atoms with van der Waals surface area (Å²) in [5.41, 5.74) is 1.71. The van der Waals surface area contributed by atoms with E-state index in [0.29, 0.717) is 17.8 Å². The van der Waals surface area contributed by atoms with Crippen molar-refractivity contribution >= 4 is 11.6 Å². The van der Waals surface area contributed by atoms with Crippen molar-refractivity contribution in [2.75, 3.05) is 13.1 Å². The molecule has 116 valence electrons. The number of hydrogen-bond acceptors (Lipinski definition) is 4. The van der Waals surface area contributed by atoms with Crippen LogP contribution in [0.1, 0.15) is 32.4 Å². The van der Waals surface area contributed by atoms with Crippen molar-refractivity contribution in [2.24, 2.45) is 11.8 Å². The van der Waals surface area contributed by atoms with Crippen molar-refractivity contribution in [3.63, 3.8) is 0 Å². The van der Waals surface area contributed by atoms with E-state index in [0.717, 1.165) is 24.3 Å². The van der Waals surface area contributed by atoms with Crippen LogP contribution in [-0.4, -0.2) is 44.5 Å². The zero-order valence-electron chi connectivity index (χ0n) is 13.1. The first-order valence-electron chi connectivity index (χ1n) is 7.72. The number of piperidine rings is 1. The average Bonchev–Trinajstić information content (AvgIpc) is 2.86. The number of rotatable bonds is 1. The van der Waals surface area contributed by atoms with Crippen LogP contribution >= 0.6 is 0 Å². The van der Waals surface area contributed by atoms with Gasteiger partial charge in [0.1, 0.15) is 5.60 Å². The molecule has 1 aliphatic carbocycles. The summed E-state index contributed by atoms with van der Waals surface area (Å²) in [6, 6.07) is 6.01. The van der Waals surface area contributed by atoms with E-state index in [2.05, 4.69) is 16.4 Å². The van der Waals surface area contributed by atoms with E-state index in [-0.39, 0.29) is 6.09 Å². The van der Waals surface area contributed by atoms with Gasteiger partial charge in [-0.1, -0.05) is 11.3 Å². The van der Waals surface area contributed by atoms with Crippen molar-refractivity contribution in [2.45, 2.75) is 32.3 Å². The molecule has 2 aliphatic rings. The molecule has 3 atom stereocenters. The second kappa shape index (κ2) is 4.44. The lowest BCUT2D eigenvalue weighted by atomic mass is 10.1. The minimum atomic E-state index is -0.437. The molecule has 0 radical (unpaired) electrons. The number of hydrogen-bond donors (Lipinski definition) is 0. The van der Waals surface area contributed by atoms with Gasteiger partial charge in [-0.15, -0.1) is 5.10 Å². The maximum absolute atomic E-state index is 12.1. The predicted molar refractivity (Wildman–Crippen MR) is 80.5 cm³/mol. The minimum absolute atomic E-state index is 0.203. The summed E-state index contributed by atoms with van der Waals surface area (Å²) in [4.78, 5) is 13.9. The Labute approximate surface area is 129 Å². The number of carbonyl (C=O) groups excluding carboxylic acids is 1. The quantitative estimate of drug-likeness (QED) is 0.811. The van der Waals surface area contributed by atoms with Gasteiger partial charge in [0.05, 0.1) is 11.2 Å². The molecule has 1 amide bonds. The van der Waals surface area contributed by atoms with Gasteiger partial charge >= 0.3 is 6.09 Å². The molecule has 2 aromatic heterocycles. The van der Waals surface area contributed by atoms with Crippen LogP contribution in [0, 0.1) is 11.8 Å². The largest absolute Gasteiger partial charge is 0.444 e. The highest BCUT2D eigenvalue weighted by atomic mass is 16.6. The summed E-state index contributed by atoms with van der Waals surface area (Å²) in [6.07, 6.45) is 1.71. The van der Waals surface area contributed by atoms with Crippen molar-refractivity contribution in [1.82, 2.24) is 19.7 Å². The fourth-order valence-electron chi connectivity index (χ4n) is 3.51. The third-order valence-corrected chi connectivity index (χ3v) is 4.51. The number of ether oxygens (including phenoxy) is 1. The molecule has 1 saturated carbocycles. The van der Waals surface area contributed by atoms with Gasteiger partial charge in [-0.2, -0.15) is 0 Å². The molecule has 6 heteroatoms. The van der Waals surface area contributed by atoms with Crippen molar-refractivity contribution in [3.8, 4) is 0 Å². The van der Waals surface area contributed by atoms with Crippen molar-refractivity contribution < 1.29 is 9.53 Å². The molecule has 1 unspecified atom stereocenters. The maximum Gasteiger partial charge on any atom is 0.410 e. The summed E-state index contributed by atoms with van der Waals surface area (Å²) in [7, 11) is 0. The summed E-state index contributed by atoms with van der Waals surface area (Å²) in [5, 5.41) is 8.52. The highest BCUT2D eigenvalue weighted by Gasteiger charge is 2.59. The van der Waals surface area contributed by atoms with Crippen LogP contribution in [0.4, 0.5) is 4.79 Å². The standard InChI is InChI=1S/C16H20N4O2/c1-16(2,3)22-15(21)19-8-10-11(9-19)13(10)14-12-6-4-5-7-20(12)18-17-14/h4-7,10-11,13H,8-9H2,1-3H3/t10-,11+,13?. The second-order valence-corrected chi connectivity index (χ2v) is 7.24. The average molecular weight is 300 g/mol. The summed E-state index contributed by atoms with van der Waals surface area (Å²) in [6.45, 7) is 7.21. The van der Waals surface area contributed by atoms with E-state index in [4.69, 9.17) is 4.74 Å². The van der Waals surface area contributed by atoms with Crippen LogP contribution in [0.5, 0.6) is 0 Å². The number of pyridine rings is 1. The molecule has 0 bridgehead atoms. The zero-order valence-corrected chi connectivity index (χ0v) is 13.1. The Morgan fingerprint density at radius 2 is 2.00 bits per heavy atom. The van der Waals surface area contributed by atoms with E-state index in [1.54, 1.807) is 0 Å². The molecule has 22 heavy (non-hydrogen) atoms. The Kier molecular flexibility index (Phi) is 2.74. The lowest BCUT2D eigenvalue weighted by Gasteiger charge is -2.25. The lowest BCUT2D eigenvalue weighted by molar-refractivity contribution is 0.0271. The van der Waals surface area contributed by atoms with Gasteiger partial charge in [0.15, 0.2) is 0 Å². The highest BCUT2D eigenvalue weighted by molar-refractivity contribution is 5.69. The Morgan fingerprint density at radius 3 is 2.68 bits per heavy atom. The molecule has 1 saturated heterocycles. The number of nitrogens with zero attached hydrogens (tertiary/aromatic N) is 4. The summed E-state index contributed by atoms with van der Waals surface area (Å²) in [5.74, 6) is 1.42. The molecule has 2 fully saturated rings. The first-order chi connectivity index (χ1) is 10.4. The topological polar surface area (TPSA) is 59.7 Å². The minimum Gasteiger partial charge on any atom is -0.444 e. The zero-order chi connectivity index (χ0) is 15.5. The van der Waals surface area contributed by atoms with Crippen LogP contribution < -0.4 is 0 Å². The Hall–Kier alpha value is -2.11. The van der Waals surface area contributed by atoms with Crippen LogP contribution in [-0.2, 0) is 4.74 Å². The Morgan fingerprint density at radius 1 is 1.27 bits per heavy atom. The molecule has 6 nitrogen and oxygen atoms in total. The highest BCUT2D eigenvalue weighted by Crippen LogP contribution is 2.58. The number of likely N-dealkylation sites (tertiary alicyclic amines) is 1. The SMILES string of the molecule is CC(C)(C)OC(=O)N1C[C@@H]2C(c3nnn4ccccc34)[C@@H]2C1. The van der Waals surface area contributed by atoms with E-state index in [1.165, 1.54) is 0 Å². The van der Waals surface area contributed by atoms with E-state index < -0.39 is 5.60 Å². The molecule has 0 spiro atoms. The van der Waals surface area contributed by atoms with Crippen molar-refractivity contribution in [1.29, 1.82) is 0 Å². The van der Waals surface area contributed by atoms with E-state index >= 15 is 0 Å². The summed E-state index contributed by atoms with van der Waals surface area (Å²) < 4.78 is 7.26. The van der Waals surface area contributed by atoms with Gasteiger partial charge in [0.25, 0.3) is 0 Å². The Bertz CT molecular complexity index is 721. The third-order valence-electron chi connectivity index (χ3n) is 4.51. The van der Waals surface area contributed by atoms with Crippen LogP contribution in [0.3, 0.4) is 0 Å². The van der Waals surface area contributed by atoms with Crippen molar-refractivity contribution in [3.05, 3.63) is 30.1 Å². The van der Waals surface area contributed by atoms with E-state index in [9.17, 15) is 4.79 Å². The van der Waals surface area contributed by atoms with Gasteiger partial charge in [0, 0.05) is 25.2 Å². The molecule has 3 heterocycles.